The lowest BCUT2D eigenvalue weighted by Gasteiger charge is -2.31. The van der Waals surface area contributed by atoms with Crippen LogP contribution in [-0.4, -0.2) is 40.3 Å². The lowest BCUT2D eigenvalue weighted by atomic mass is 9.95. The van der Waals surface area contributed by atoms with Gasteiger partial charge in [-0.05, 0) is 53.6 Å². The highest BCUT2D eigenvalue weighted by molar-refractivity contribution is 6.01. The van der Waals surface area contributed by atoms with E-state index < -0.39 is 5.82 Å². The molecule has 2 aromatic carbocycles. The fourth-order valence-electron chi connectivity index (χ4n) is 4.73. The third-order valence-corrected chi connectivity index (χ3v) is 6.59. The van der Waals surface area contributed by atoms with Gasteiger partial charge in [0.1, 0.15) is 22.8 Å². The van der Waals surface area contributed by atoms with Crippen LogP contribution in [0.4, 0.5) is 10.2 Å². The van der Waals surface area contributed by atoms with Gasteiger partial charge in [0.15, 0.2) is 5.82 Å². The van der Waals surface area contributed by atoms with Crippen molar-refractivity contribution in [3.8, 4) is 23.0 Å². The van der Waals surface area contributed by atoms with Crippen molar-refractivity contribution in [2.24, 2.45) is 5.92 Å². The van der Waals surface area contributed by atoms with Gasteiger partial charge in [-0.1, -0.05) is 32.0 Å². The second-order valence-electron chi connectivity index (χ2n) is 8.75. The van der Waals surface area contributed by atoms with Crippen LogP contribution in [0.25, 0.3) is 32.9 Å². The van der Waals surface area contributed by atoms with Gasteiger partial charge in [-0.15, -0.1) is 0 Å². The number of halogens is 1. The first-order valence-corrected chi connectivity index (χ1v) is 11.4. The van der Waals surface area contributed by atoms with Crippen LogP contribution in [0.3, 0.4) is 0 Å². The van der Waals surface area contributed by atoms with E-state index in [9.17, 15) is 5.11 Å². The van der Waals surface area contributed by atoms with Crippen molar-refractivity contribution in [1.82, 2.24) is 15.0 Å². The number of benzene rings is 2. The zero-order chi connectivity index (χ0) is 23.1. The van der Waals surface area contributed by atoms with Crippen LogP contribution in [0.5, 0.6) is 11.8 Å². The first kappa shape index (κ1) is 21.4. The SMILES string of the molecule is CCc1cccc2cc(O)cc(-c3ncc4c(N5CCC(C)CC5)nc(OC)nc4c3F)c12. The number of aryl methyl sites for hydroxylation is 1. The summed E-state index contributed by atoms with van der Waals surface area (Å²) >= 11 is 0. The topological polar surface area (TPSA) is 71.4 Å². The van der Waals surface area contributed by atoms with Gasteiger partial charge < -0.3 is 14.7 Å². The van der Waals surface area contributed by atoms with Crippen molar-refractivity contribution in [3.05, 3.63) is 47.9 Å². The van der Waals surface area contributed by atoms with E-state index in [0.29, 0.717) is 22.7 Å². The number of hydrogen-bond acceptors (Lipinski definition) is 6. The van der Waals surface area contributed by atoms with Crippen molar-refractivity contribution in [3.63, 3.8) is 0 Å². The standard InChI is InChI=1S/C26H27FN4O2/c1-4-16-6-5-7-17-12-18(32)13-19(21(16)17)23-22(27)24-20(14-28-23)25(30-26(29-24)33-3)31-10-8-15(2)9-11-31/h5-7,12-15,32H,4,8-11H2,1-3H3. The molecule has 0 atom stereocenters. The number of methoxy groups -OCH3 is 1. The van der Waals surface area contributed by atoms with E-state index in [1.54, 1.807) is 18.3 Å². The molecule has 3 heterocycles. The predicted octanol–water partition coefficient (Wildman–Crippen LogP) is 5.50. The number of pyridine rings is 1. The molecule has 4 aromatic rings. The number of hydrogen-bond donors (Lipinski definition) is 1. The molecular weight excluding hydrogens is 419 g/mol. The average molecular weight is 447 g/mol. The van der Waals surface area contributed by atoms with E-state index in [-0.39, 0.29) is 23.0 Å². The van der Waals surface area contributed by atoms with Crippen LogP contribution in [0.1, 0.15) is 32.3 Å². The molecule has 1 N–H and O–H groups in total. The summed E-state index contributed by atoms with van der Waals surface area (Å²) in [4.78, 5) is 15.6. The Morgan fingerprint density at radius 1 is 1.18 bits per heavy atom. The normalized spacial score (nSPS) is 14.8. The van der Waals surface area contributed by atoms with Crippen LogP contribution >= 0.6 is 0 Å². The summed E-state index contributed by atoms with van der Waals surface area (Å²) in [6, 6.07) is 9.27. The summed E-state index contributed by atoms with van der Waals surface area (Å²) in [7, 11) is 1.49. The maximum Gasteiger partial charge on any atom is 0.318 e. The first-order chi connectivity index (χ1) is 16.0. The van der Waals surface area contributed by atoms with Gasteiger partial charge in [-0.3, -0.25) is 4.98 Å². The zero-order valence-electron chi connectivity index (χ0n) is 19.1. The number of rotatable bonds is 4. The van der Waals surface area contributed by atoms with E-state index in [0.717, 1.165) is 48.7 Å². The number of phenolic OH excluding ortho intramolecular Hbond substituents is 1. The molecule has 0 radical (unpaired) electrons. The second-order valence-corrected chi connectivity index (χ2v) is 8.75. The summed E-state index contributed by atoms with van der Waals surface area (Å²) in [6.07, 6.45) is 4.52. The highest BCUT2D eigenvalue weighted by Crippen LogP contribution is 2.38. The van der Waals surface area contributed by atoms with Crippen LogP contribution < -0.4 is 9.64 Å². The Kier molecular flexibility index (Phi) is 5.48. The number of phenols is 1. The molecule has 0 amide bonds. The van der Waals surface area contributed by atoms with E-state index in [1.165, 1.54) is 7.11 Å². The Hall–Kier alpha value is -3.48. The summed E-state index contributed by atoms with van der Waals surface area (Å²) in [5.41, 5.74) is 1.94. The molecule has 5 rings (SSSR count). The van der Waals surface area contributed by atoms with Gasteiger partial charge in [-0.25, -0.2) is 4.39 Å². The molecule has 0 unspecified atom stereocenters. The molecule has 1 aliphatic heterocycles. The minimum Gasteiger partial charge on any atom is -0.508 e. The molecule has 170 valence electrons. The minimum absolute atomic E-state index is 0.0652. The molecule has 0 aliphatic carbocycles. The van der Waals surface area contributed by atoms with Crippen molar-refractivity contribution < 1.29 is 14.2 Å². The Bertz CT molecular complexity index is 1350. The number of ether oxygens (including phenoxy) is 1. The number of aromatic nitrogens is 3. The fraction of sp³-hybridized carbons (Fsp3) is 0.346. The number of piperidine rings is 1. The van der Waals surface area contributed by atoms with Gasteiger partial charge in [0, 0.05) is 24.8 Å². The van der Waals surface area contributed by atoms with E-state index in [2.05, 4.69) is 33.7 Å². The largest absolute Gasteiger partial charge is 0.508 e. The van der Waals surface area contributed by atoms with Gasteiger partial charge in [0.05, 0.1) is 12.5 Å². The quantitative estimate of drug-likeness (QED) is 0.447. The van der Waals surface area contributed by atoms with Crippen LogP contribution in [0, 0.1) is 11.7 Å². The fourth-order valence-corrected chi connectivity index (χ4v) is 4.73. The van der Waals surface area contributed by atoms with Gasteiger partial charge >= 0.3 is 6.01 Å². The lowest BCUT2D eigenvalue weighted by molar-refractivity contribution is 0.379. The molecule has 6 nitrogen and oxygen atoms in total. The third-order valence-electron chi connectivity index (χ3n) is 6.59. The smallest absolute Gasteiger partial charge is 0.318 e. The van der Waals surface area contributed by atoms with E-state index in [4.69, 9.17) is 4.74 Å². The number of anilines is 1. The molecule has 2 aromatic heterocycles. The molecule has 0 bridgehead atoms. The van der Waals surface area contributed by atoms with Gasteiger partial charge in [-0.2, -0.15) is 9.97 Å². The Morgan fingerprint density at radius 2 is 1.97 bits per heavy atom. The Labute approximate surface area is 192 Å². The van der Waals surface area contributed by atoms with Crippen molar-refractivity contribution in [2.75, 3.05) is 25.1 Å². The maximum absolute atomic E-state index is 16.1. The molecular formula is C26H27FN4O2. The van der Waals surface area contributed by atoms with E-state index in [1.807, 2.05) is 18.2 Å². The van der Waals surface area contributed by atoms with Crippen LogP contribution in [0.2, 0.25) is 0 Å². The van der Waals surface area contributed by atoms with Gasteiger partial charge in [0.25, 0.3) is 0 Å². The highest BCUT2D eigenvalue weighted by Gasteiger charge is 2.24. The highest BCUT2D eigenvalue weighted by atomic mass is 19.1. The minimum atomic E-state index is -0.544. The third kappa shape index (κ3) is 3.71. The van der Waals surface area contributed by atoms with E-state index >= 15 is 4.39 Å². The van der Waals surface area contributed by atoms with Crippen LogP contribution in [-0.2, 0) is 6.42 Å². The molecule has 0 spiro atoms. The molecule has 7 heteroatoms. The first-order valence-electron chi connectivity index (χ1n) is 11.4. The lowest BCUT2D eigenvalue weighted by Crippen LogP contribution is -2.33. The Morgan fingerprint density at radius 3 is 2.70 bits per heavy atom. The molecule has 33 heavy (non-hydrogen) atoms. The second kappa shape index (κ2) is 8.46. The van der Waals surface area contributed by atoms with Crippen LogP contribution in [0.15, 0.2) is 36.5 Å². The monoisotopic (exact) mass is 446 g/mol. The Balaban J connectivity index is 1.75. The average Bonchev–Trinajstić information content (AvgIpc) is 2.83. The summed E-state index contributed by atoms with van der Waals surface area (Å²) in [5.74, 6) is 0.828. The molecule has 1 aliphatic rings. The molecule has 0 saturated carbocycles. The zero-order valence-corrected chi connectivity index (χ0v) is 19.1. The number of aromatic hydroxyl groups is 1. The predicted molar refractivity (Wildman–Crippen MR) is 128 cm³/mol. The van der Waals surface area contributed by atoms with Gasteiger partial charge in [0.2, 0.25) is 0 Å². The number of nitrogens with zero attached hydrogens (tertiary/aromatic N) is 4. The van der Waals surface area contributed by atoms with Crippen molar-refractivity contribution >= 4 is 27.5 Å². The summed E-state index contributed by atoms with van der Waals surface area (Å²) < 4.78 is 21.4. The number of fused-ring (bicyclic) bond motifs is 2. The summed E-state index contributed by atoms with van der Waals surface area (Å²) in [6.45, 7) is 5.99. The molecule has 1 fully saturated rings. The van der Waals surface area contributed by atoms with Crippen molar-refractivity contribution in [2.45, 2.75) is 33.1 Å². The summed E-state index contributed by atoms with van der Waals surface area (Å²) in [5, 5.41) is 12.6. The molecule has 1 saturated heterocycles. The van der Waals surface area contributed by atoms with Crippen molar-refractivity contribution in [1.29, 1.82) is 0 Å². The maximum atomic E-state index is 16.1.